The predicted molar refractivity (Wildman–Crippen MR) is 97.3 cm³/mol. The van der Waals surface area contributed by atoms with Crippen LogP contribution in [0.3, 0.4) is 0 Å². The van der Waals surface area contributed by atoms with E-state index in [4.69, 9.17) is 4.74 Å². The molecule has 1 aromatic carbocycles. The van der Waals surface area contributed by atoms with Gasteiger partial charge >= 0.3 is 5.97 Å². The second-order valence-corrected chi connectivity index (χ2v) is 5.95. The van der Waals surface area contributed by atoms with E-state index in [-0.39, 0.29) is 5.91 Å². The van der Waals surface area contributed by atoms with Gasteiger partial charge < -0.3 is 10.1 Å². The number of esters is 1. The van der Waals surface area contributed by atoms with E-state index < -0.39 is 11.8 Å². The molecule has 0 radical (unpaired) electrons. The summed E-state index contributed by atoms with van der Waals surface area (Å²) in [4.78, 5) is 24.5. The molecule has 3 aliphatic rings. The van der Waals surface area contributed by atoms with Gasteiger partial charge in [0.1, 0.15) is 5.82 Å². The molecule has 2 aliphatic carbocycles. The zero-order valence-electron chi connectivity index (χ0n) is 13.9. The van der Waals surface area contributed by atoms with E-state index in [0.717, 1.165) is 11.1 Å². The minimum absolute atomic E-state index is 0.306. The molecule has 0 aromatic heterocycles. The highest BCUT2D eigenvalue weighted by atomic mass is 19.1. The first-order valence-electron chi connectivity index (χ1n) is 8.01. The summed E-state index contributed by atoms with van der Waals surface area (Å²) >= 11 is 0. The predicted octanol–water partition coefficient (Wildman–Crippen LogP) is 4.21. The molecule has 26 heavy (non-hydrogen) atoms. The smallest absolute Gasteiger partial charge is 0.338 e. The van der Waals surface area contributed by atoms with Crippen LogP contribution in [0.15, 0.2) is 54.6 Å². The summed E-state index contributed by atoms with van der Waals surface area (Å²) in [6, 6.07) is 15.1. The average Bonchev–Trinajstić information content (AvgIpc) is 3.00. The number of benzene rings is 1. The molecule has 0 bridgehead atoms. The van der Waals surface area contributed by atoms with Crippen LogP contribution in [0, 0.1) is 5.82 Å². The number of methoxy groups -OCH3 is 1. The van der Waals surface area contributed by atoms with Crippen molar-refractivity contribution in [3.63, 3.8) is 0 Å². The van der Waals surface area contributed by atoms with Crippen molar-refractivity contribution < 1.29 is 18.7 Å². The Hall–Kier alpha value is -3.47. The number of anilines is 1. The lowest BCUT2D eigenvalue weighted by atomic mass is 10.0. The van der Waals surface area contributed by atoms with Crippen molar-refractivity contribution in [2.24, 2.45) is 0 Å². The maximum Gasteiger partial charge on any atom is 0.338 e. The third-order valence-corrected chi connectivity index (χ3v) is 4.41. The molecule has 1 heterocycles. The Kier molecular flexibility index (Phi) is 3.77. The van der Waals surface area contributed by atoms with Gasteiger partial charge in [-0.1, -0.05) is 30.3 Å². The largest absolute Gasteiger partial charge is 0.465 e. The van der Waals surface area contributed by atoms with Crippen LogP contribution in [-0.4, -0.2) is 19.0 Å². The van der Waals surface area contributed by atoms with Crippen LogP contribution in [0.25, 0.3) is 22.8 Å². The molecule has 0 unspecified atom stereocenters. The maximum absolute atomic E-state index is 13.6. The summed E-state index contributed by atoms with van der Waals surface area (Å²) in [6.45, 7) is 0. The average molecular weight is 347 g/mol. The van der Waals surface area contributed by atoms with E-state index in [9.17, 15) is 14.0 Å². The summed E-state index contributed by atoms with van der Waals surface area (Å²) in [5, 5.41) is 2.72. The van der Waals surface area contributed by atoms with Crippen LogP contribution in [-0.2, 0) is 9.53 Å². The first-order valence-corrected chi connectivity index (χ1v) is 8.01. The van der Waals surface area contributed by atoms with Gasteiger partial charge in [-0.15, -0.1) is 0 Å². The lowest BCUT2D eigenvalue weighted by molar-refractivity contribution is -0.110. The standard InChI is InChI=1S/C21H14FNO3/c1-26-21(25)18-10-12(14-5-3-2-4-6-15(14)18)9-17-16-11-13(22)7-8-19(16)23-20(17)24/h2-11H,1H3,(H,23,24)/b17-9-. The van der Waals surface area contributed by atoms with E-state index in [0.29, 0.717) is 28.0 Å². The lowest BCUT2D eigenvalue weighted by Gasteiger charge is -2.00. The molecular weight excluding hydrogens is 333 g/mol. The highest BCUT2D eigenvalue weighted by Crippen LogP contribution is 2.38. The second kappa shape index (κ2) is 6.11. The zero-order chi connectivity index (χ0) is 18.3. The van der Waals surface area contributed by atoms with E-state index >= 15 is 0 Å². The molecule has 1 amide bonds. The molecule has 0 saturated heterocycles. The summed E-state index contributed by atoms with van der Waals surface area (Å²) in [5.41, 5.74) is 4.07. The Morgan fingerprint density at radius 1 is 1.04 bits per heavy atom. The molecule has 1 N–H and O–H groups in total. The minimum atomic E-state index is -0.451. The first-order chi connectivity index (χ1) is 12.6. The number of rotatable bonds is 2. The van der Waals surface area contributed by atoms with Gasteiger partial charge in [0.2, 0.25) is 0 Å². The number of hydrogen-bond donors (Lipinski definition) is 1. The number of halogens is 1. The molecule has 1 aromatic rings. The van der Waals surface area contributed by atoms with Gasteiger partial charge in [-0.05, 0) is 47.0 Å². The summed E-state index contributed by atoms with van der Waals surface area (Å²) in [6.07, 6.45) is 1.68. The van der Waals surface area contributed by atoms with Gasteiger partial charge in [0.05, 0.1) is 12.7 Å². The van der Waals surface area contributed by atoms with Crippen molar-refractivity contribution >= 4 is 29.2 Å². The Labute approximate surface area is 149 Å². The number of amides is 1. The van der Waals surface area contributed by atoms with E-state index in [1.807, 2.05) is 30.3 Å². The Morgan fingerprint density at radius 3 is 2.58 bits per heavy atom. The normalized spacial score (nSPS) is 14.4. The molecule has 4 rings (SSSR count). The monoisotopic (exact) mass is 347 g/mol. The topological polar surface area (TPSA) is 55.4 Å². The fourth-order valence-corrected chi connectivity index (χ4v) is 3.20. The number of fused-ring (bicyclic) bond motifs is 2. The van der Waals surface area contributed by atoms with Crippen molar-refractivity contribution in [1.82, 2.24) is 0 Å². The van der Waals surface area contributed by atoms with Gasteiger partial charge in [0.25, 0.3) is 5.91 Å². The van der Waals surface area contributed by atoms with Crippen molar-refractivity contribution in [3.8, 4) is 11.1 Å². The SMILES string of the molecule is COC(=O)c1cc(/C=C2\C(=O)Nc3ccc(F)cc32)c2cccccc1-2. The second-order valence-electron chi connectivity index (χ2n) is 5.95. The highest BCUT2D eigenvalue weighted by molar-refractivity contribution is 6.35. The summed E-state index contributed by atoms with van der Waals surface area (Å²) in [7, 11) is 1.33. The molecule has 0 spiro atoms. The Morgan fingerprint density at radius 2 is 1.81 bits per heavy atom. The minimum Gasteiger partial charge on any atom is -0.465 e. The molecule has 0 atom stereocenters. The van der Waals surface area contributed by atoms with Crippen LogP contribution in [0.1, 0.15) is 21.5 Å². The number of carbonyl (C=O) groups excluding carboxylic acids is 2. The quantitative estimate of drug-likeness (QED) is 0.558. The number of hydrogen-bond acceptors (Lipinski definition) is 3. The van der Waals surface area contributed by atoms with Crippen LogP contribution in [0.2, 0.25) is 0 Å². The van der Waals surface area contributed by atoms with E-state index in [2.05, 4.69) is 5.32 Å². The summed E-state index contributed by atoms with van der Waals surface area (Å²) in [5.74, 6) is -1.17. The fourth-order valence-electron chi connectivity index (χ4n) is 3.20. The maximum atomic E-state index is 13.6. The molecule has 4 nitrogen and oxygen atoms in total. The molecule has 0 fully saturated rings. The third kappa shape index (κ3) is 2.54. The van der Waals surface area contributed by atoms with Gasteiger partial charge in [0, 0.05) is 16.8 Å². The molecule has 5 heteroatoms. The van der Waals surface area contributed by atoms with Crippen LogP contribution >= 0.6 is 0 Å². The van der Waals surface area contributed by atoms with Gasteiger partial charge in [0.15, 0.2) is 0 Å². The van der Waals surface area contributed by atoms with Gasteiger partial charge in [-0.25, -0.2) is 9.18 Å². The van der Waals surface area contributed by atoms with Crippen LogP contribution in [0.4, 0.5) is 10.1 Å². The molecular formula is C21H14FNO3. The van der Waals surface area contributed by atoms with Crippen molar-refractivity contribution in [2.45, 2.75) is 0 Å². The van der Waals surface area contributed by atoms with E-state index in [1.165, 1.54) is 25.3 Å². The molecule has 1 aliphatic heterocycles. The van der Waals surface area contributed by atoms with E-state index in [1.54, 1.807) is 12.1 Å². The number of nitrogens with one attached hydrogen (secondary N) is 1. The summed E-state index contributed by atoms with van der Waals surface area (Å²) < 4.78 is 18.5. The van der Waals surface area contributed by atoms with Gasteiger partial charge in [-0.3, -0.25) is 4.79 Å². The Bertz CT molecular complexity index is 1050. The van der Waals surface area contributed by atoms with Crippen LogP contribution in [0.5, 0.6) is 0 Å². The lowest BCUT2D eigenvalue weighted by Crippen LogP contribution is -2.03. The zero-order valence-corrected chi connectivity index (χ0v) is 13.9. The van der Waals surface area contributed by atoms with Crippen molar-refractivity contribution in [2.75, 3.05) is 12.4 Å². The number of ether oxygens (including phenoxy) is 1. The fraction of sp³-hybridized carbons (Fsp3) is 0.0476. The molecule has 0 saturated carbocycles. The van der Waals surface area contributed by atoms with Crippen molar-refractivity contribution in [3.05, 3.63) is 77.1 Å². The third-order valence-electron chi connectivity index (χ3n) is 4.41. The number of carbonyl (C=O) groups is 2. The van der Waals surface area contributed by atoms with Gasteiger partial charge in [-0.2, -0.15) is 0 Å². The molecule has 128 valence electrons. The first kappa shape index (κ1) is 16.0. The van der Waals surface area contributed by atoms with Crippen LogP contribution < -0.4 is 5.32 Å². The van der Waals surface area contributed by atoms with Crippen molar-refractivity contribution in [1.29, 1.82) is 0 Å². The Balaban J connectivity index is 1.92. The highest BCUT2D eigenvalue weighted by Gasteiger charge is 2.26.